The van der Waals surface area contributed by atoms with Gasteiger partial charge >= 0.3 is 5.97 Å². The number of aromatic nitrogens is 2. The predicted molar refractivity (Wildman–Crippen MR) is 59.5 cm³/mol. The molecule has 0 spiro atoms. The van der Waals surface area contributed by atoms with Gasteiger partial charge in [-0.3, -0.25) is 4.90 Å². The molecule has 0 aliphatic carbocycles. The molecule has 1 unspecified atom stereocenters. The third-order valence-electron chi connectivity index (χ3n) is 3.09. The van der Waals surface area contributed by atoms with Crippen molar-refractivity contribution in [3.63, 3.8) is 0 Å². The molecule has 17 heavy (non-hydrogen) atoms. The molecule has 1 aromatic rings. The number of carboxylic acid groups (broad SMARTS) is 1. The summed E-state index contributed by atoms with van der Waals surface area (Å²) in [5.74, 6) is -1.01. The standard InChI is InChI=1S/C11H15N3O3/c15-6-8-2-1-3-14(8)5-10-9(11(16)17)4-12-7-13-10/h4,7-8,15H,1-3,5-6H2,(H,16,17). The average Bonchev–Trinajstić information content (AvgIpc) is 2.77. The summed E-state index contributed by atoms with van der Waals surface area (Å²) < 4.78 is 0. The highest BCUT2D eigenvalue weighted by molar-refractivity contribution is 5.88. The first-order chi connectivity index (χ1) is 8.22. The van der Waals surface area contributed by atoms with Crippen LogP contribution >= 0.6 is 0 Å². The molecule has 1 aliphatic heterocycles. The Hall–Kier alpha value is -1.53. The summed E-state index contributed by atoms with van der Waals surface area (Å²) in [5.41, 5.74) is 0.643. The third kappa shape index (κ3) is 2.59. The van der Waals surface area contributed by atoms with E-state index in [1.165, 1.54) is 12.5 Å². The summed E-state index contributed by atoms with van der Waals surface area (Å²) in [6.07, 6.45) is 4.64. The van der Waals surface area contributed by atoms with Crippen LogP contribution in [0.1, 0.15) is 28.9 Å². The lowest BCUT2D eigenvalue weighted by Crippen LogP contribution is -2.32. The number of hydrogen-bond donors (Lipinski definition) is 2. The van der Waals surface area contributed by atoms with Gasteiger partial charge in [-0.2, -0.15) is 0 Å². The van der Waals surface area contributed by atoms with Crippen molar-refractivity contribution in [2.75, 3.05) is 13.2 Å². The molecule has 6 nitrogen and oxygen atoms in total. The topological polar surface area (TPSA) is 86.5 Å². The highest BCUT2D eigenvalue weighted by Crippen LogP contribution is 2.19. The Morgan fingerprint density at radius 3 is 3.12 bits per heavy atom. The zero-order chi connectivity index (χ0) is 12.3. The van der Waals surface area contributed by atoms with Gasteiger partial charge in [-0.25, -0.2) is 14.8 Å². The lowest BCUT2D eigenvalue weighted by molar-refractivity contribution is 0.0692. The summed E-state index contributed by atoms with van der Waals surface area (Å²) >= 11 is 0. The third-order valence-corrected chi connectivity index (χ3v) is 3.09. The van der Waals surface area contributed by atoms with E-state index in [1.54, 1.807) is 0 Å². The lowest BCUT2D eigenvalue weighted by atomic mass is 10.2. The van der Waals surface area contributed by atoms with Crippen LogP contribution < -0.4 is 0 Å². The van der Waals surface area contributed by atoms with Crippen LogP contribution in [0.5, 0.6) is 0 Å². The summed E-state index contributed by atoms with van der Waals surface area (Å²) in [7, 11) is 0. The molecule has 2 heterocycles. The molecule has 0 saturated carbocycles. The summed E-state index contributed by atoms with van der Waals surface area (Å²) in [5, 5.41) is 18.2. The van der Waals surface area contributed by atoms with Gasteiger partial charge in [0.2, 0.25) is 0 Å². The van der Waals surface area contributed by atoms with Gasteiger partial charge < -0.3 is 10.2 Å². The van der Waals surface area contributed by atoms with Crippen molar-refractivity contribution in [3.05, 3.63) is 23.8 Å². The van der Waals surface area contributed by atoms with E-state index >= 15 is 0 Å². The van der Waals surface area contributed by atoms with Crippen LogP contribution in [-0.2, 0) is 6.54 Å². The van der Waals surface area contributed by atoms with E-state index in [1.807, 2.05) is 0 Å². The van der Waals surface area contributed by atoms with E-state index in [2.05, 4.69) is 14.9 Å². The first-order valence-corrected chi connectivity index (χ1v) is 5.59. The van der Waals surface area contributed by atoms with Gasteiger partial charge in [0.15, 0.2) is 0 Å². The van der Waals surface area contributed by atoms with E-state index in [0.717, 1.165) is 19.4 Å². The zero-order valence-electron chi connectivity index (χ0n) is 9.41. The van der Waals surface area contributed by atoms with Crippen molar-refractivity contribution in [1.82, 2.24) is 14.9 Å². The van der Waals surface area contributed by atoms with Crippen LogP contribution in [0.25, 0.3) is 0 Å². The van der Waals surface area contributed by atoms with Crippen LogP contribution in [0.3, 0.4) is 0 Å². The van der Waals surface area contributed by atoms with Crippen LogP contribution in [0.2, 0.25) is 0 Å². The van der Waals surface area contributed by atoms with Crippen molar-refractivity contribution < 1.29 is 15.0 Å². The van der Waals surface area contributed by atoms with Crippen LogP contribution in [0.4, 0.5) is 0 Å². The molecule has 0 bridgehead atoms. The Morgan fingerprint density at radius 2 is 2.41 bits per heavy atom. The minimum absolute atomic E-state index is 0.105. The van der Waals surface area contributed by atoms with Gasteiger partial charge in [-0.1, -0.05) is 0 Å². The van der Waals surface area contributed by atoms with Crippen LogP contribution in [0.15, 0.2) is 12.5 Å². The highest BCUT2D eigenvalue weighted by atomic mass is 16.4. The molecule has 1 aliphatic rings. The maximum Gasteiger partial charge on any atom is 0.339 e. The first kappa shape index (κ1) is 11.9. The van der Waals surface area contributed by atoms with Crippen molar-refractivity contribution >= 4 is 5.97 Å². The second kappa shape index (κ2) is 5.20. The number of rotatable bonds is 4. The molecule has 6 heteroatoms. The Labute approximate surface area is 98.9 Å². The second-order valence-electron chi connectivity index (χ2n) is 4.14. The minimum atomic E-state index is -1.01. The molecular formula is C11H15N3O3. The van der Waals surface area contributed by atoms with Crippen molar-refractivity contribution in [2.24, 2.45) is 0 Å². The zero-order valence-corrected chi connectivity index (χ0v) is 9.41. The molecule has 0 amide bonds. The number of hydrogen-bond acceptors (Lipinski definition) is 5. The Kier molecular flexibility index (Phi) is 3.65. The Balaban J connectivity index is 2.15. The summed E-state index contributed by atoms with van der Waals surface area (Å²) in [6, 6.07) is 0.117. The van der Waals surface area contributed by atoms with Crippen molar-refractivity contribution in [1.29, 1.82) is 0 Å². The van der Waals surface area contributed by atoms with E-state index in [9.17, 15) is 9.90 Å². The molecular weight excluding hydrogens is 222 g/mol. The fourth-order valence-electron chi connectivity index (χ4n) is 2.16. The number of nitrogens with zero attached hydrogens (tertiary/aromatic N) is 3. The van der Waals surface area contributed by atoms with Gasteiger partial charge in [0, 0.05) is 18.8 Å². The normalized spacial score (nSPS) is 20.6. The quantitative estimate of drug-likeness (QED) is 0.774. The molecule has 2 N–H and O–H groups in total. The summed E-state index contributed by atoms with van der Waals surface area (Å²) in [6.45, 7) is 1.43. The van der Waals surface area contributed by atoms with Gasteiger partial charge in [-0.05, 0) is 19.4 Å². The van der Waals surface area contributed by atoms with Crippen molar-refractivity contribution in [3.8, 4) is 0 Å². The first-order valence-electron chi connectivity index (χ1n) is 5.59. The van der Waals surface area contributed by atoms with E-state index < -0.39 is 5.97 Å². The monoisotopic (exact) mass is 237 g/mol. The number of aliphatic hydroxyl groups excluding tert-OH is 1. The van der Waals surface area contributed by atoms with E-state index in [-0.39, 0.29) is 18.2 Å². The second-order valence-corrected chi connectivity index (χ2v) is 4.14. The van der Waals surface area contributed by atoms with Crippen molar-refractivity contribution in [2.45, 2.75) is 25.4 Å². The fraction of sp³-hybridized carbons (Fsp3) is 0.545. The average molecular weight is 237 g/mol. The Morgan fingerprint density at radius 1 is 1.59 bits per heavy atom. The van der Waals surface area contributed by atoms with Gasteiger partial charge in [0.05, 0.1) is 12.3 Å². The number of aromatic carboxylic acids is 1. The van der Waals surface area contributed by atoms with Gasteiger partial charge in [-0.15, -0.1) is 0 Å². The van der Waals surface area contributed by atoms with E-state index in [0.29, 0.717) is 12.2 Å². The minimum Gasteiger partial charge on any atom is -0.478 e. The molecule has 1 saturated heterocycles. The number of likely N-dealkylation sites (tertiary alicyclic amines) is 1. The maximum absolute atomic E-state index is 11.0. The smallest absolute Gasteiger partial charge is 0.339 e. The number of aliphatic hydroxyl groups is 1. The largest absolute Gasteiger partial charge is 0.478 e. The van der Waals surface area contributed by atoms with Crippen LogP contribution in [0, 0.1) is 0 Å². The maximum atomic E-state index is 11.0. The highest BCUT2D eigenvalue weighted by Gasteiger charge is 2.25. The van der Waals surface area contributed by atoms with Crippen LogP contribution in [-0.4, -0.2) is 50.2 Å². The molecule has 1 atom stereocenters. The number of carboxylic acids is 1. The molecule has 92 valence electrons. The lowest BCUT2D eigenvalue weighted by Gasteiger charge is -2.22. The molecule has 0 aromatic carbocycles. The van der Waals surface area contributed by atoms with E-state index in [4.69, 9.17) is 5.11 Å². The number of carbonyl (C=O) groups is 1. The molecule has 1 aromatic heterocycles. The predicted octanol–water partition coefficient (Wildman–Crippen LogP) is 0.131. The SMILES string of the molecule is O=C(O)c1cncnc1CN1CCCC1CO. The summed E-state index contributed by atoms with van der Waals surface area (Å²) in [4.78, 5) is 20.8. The molecule has 1 fully saturated rings. The fourth-order valence-corrected chi connectivity index (χ4v) is 2.16. The Bertz CT molecular complexity index is 411. The van der Waals surface area contributed by atoms with Gasteiger partial charge in [0.25, 0.3) is 0 Å². The van der Waals surface area contributed by atoms with Gasteiger partial charge in [0.1, 0.15) is 11.9 Å². The molecule has 0 radical (unpaired) electrons. The molecule has 2 rings (SSSR count).